The highest BCUT2D eigenvalue weighted by Crippen LogP contribution is 2.45. The van der Waals surface area contributed by atoms with E-state index in [4.69, 9.17) is 9.15 Å². The number of furan rings is 1. The maximum atomic E-state index is 12.3. The second-order valence-electron chi connectivity index (χ2n) is 4.88. The minimum Gasteiger partial charge on any atom is -0.497 e. The van der Waals surface area contributed by atoms with Gasteiger partial charge in [0.15, 0.2) is 0 Å². The number of ether oxygens (including phenoxy) is 1. The fraction of sp³-hybridized carbons (Fsp3) is 0.312. The third-order valence-electron chi connectivity index (χ3n) is 3.84. The monoisotopic (exact) mass is 271 g/mol. The van der Waals surface area contributed by atoms with Crippen LogP contribution in [0.15, 0.2) is 47.1 Å². The van der Waals surface area contributed by atoms with E-state index in [0.29, 0.717) is 0 Å². The van der Waals surface area contributed by atoms with Crippen molar-refractivity contribution in [3.8, 4) is 5.75 Å². The Morgan fingerprint density at radius 2 is 2.00 bits per heavy atom. The molecule has 0 N–H and O–H groups in total. The van der Waals surface area contributed by atoms with Crippen LogP contribution in [0.1, 0.15) is 25.1 Å². The predicted molar refractivity (Wildman–Crippen MR) is 75.7 cm³/mol. The first-order chi connectivity index (χ1) is 9.76. The molecule has 104 valence electrons. The summed E-state index contributed by atoms with van der Waals surface area (Å²) >= 11 is 0. The van der Waals surface area contributed by atoms with Gasteiger partial charge in [-0.15, -0.1) is 0 Å². The lowest BCUT2D eigenvalue weighted by atomic mass is 9.83. The fourth-order valence-corrected chi connectivity index (χ4v) is 2.76. The molecule has 2 aromatic rings. The third-order valence-corrected chi connectivity index (χ3v) is 3.84. The molecule has 2 heterocycles. The Labute approximate surface area is 118 Å². The van der Waals surface area contributed by atoms with E-state index in [2.05, 4.69) is 0 Å². The Hall–Kier alpha value is -2.23. The van der Waals surface area contributed by atoms with Gasteiger partial charge in [0.25, 0.3) is 0 Å². The van der Waals surface area contributed by atoms with Crippen molar-refractivity contribution < 1.29 is 13.9 Å². The van der Waals surface area contributed by atoms with Gasteiger partial charge in [-0.05, 0) is 42.8 Å². The molecule has 0 unspecified atom stereocenters. The SMILES string of the molecule is CC[C@H]1C(=O)N(c2ccc(OC)cc2)[C@@H]1c1ccco1. The average molecular weight is 271 g/mol. The van der Waals surface area contributed by atoms with Crippen LogP contribution in [0.25, 0.3) is 0 Å². The Kier molecular flexibility index (Phi) is 3.22. The van der Waals surface area contributed by atoms with E-state index in [1.807, 2.05) is 43.3 Å². The summed E-state index contributed by atoms with van der Waals surface area (Å²) in [6.45, 7) is 2.03. The van der Waals surface area contributed by atoms with Crippen LogP contribution in [0.4, 0.5) is 5.69 Å². The van der Waals surface area contributed by atoms with Crippen molar-refractivity contribution in [3.05, 3.63) is 48.4 Å². The van der Waals surface area contributed by atoms with Crippen LogP contribution in [0.3, 0.4) is 0 Å². The zero-order chi connectivity index (χ0) is 14.1. The fourth-order valence-electron chi connectivity index (χ4n) is 2.76. The van der Waals surface area contributed by atoms with Crippen molar-refractivity contribution in [1.82, 2.24) is 0 Å². The van der Waals surface area contributed by atoms with Crippen LogP contribution in [0.2, 0.25) is 0 Å². The lowest BCUT2D eigenvalue weighted by Gasteiger charge is -2.45. The van der Waals surface area contributed by atoms with Crippen LogP contribution in [0, 0.1) is 5.92 Å². The summed E-state index contributed by atoms with van der Waals surface area (Å²) in [7, 11) is 1.63. The molecule has 4 nitrogen and oxygen atoms in total. The number of methoxy groups -OCH3 is 1. The van der Waals surface area contributed by atoms with Crippen LogP contribution in [-0.2, 0) is 4.79 Å². The summed E-state index contributed by atoms with van der Waals surface area (Å²) in [5.74, 6) is 1.78. The van der Waals surface area contributed by atoms with E-state index in [9.17, 15) is 4.79 Å². The number of amides is 1. The van der Waals surface area contributed by atoms with Gasteiger partial charge in [0, 0.05) is 5.69 Å². The molecule has 20 heavy (non-hydrogen) atoms. The summed E-state index contributed by atoms with van der Waals surface area (Å²) in [6, 6.07) is 11.3. The second kappa shape index (κ2) is 5.04. The van der Waals surface area contributed by atoms with Crippen molar-refractivity contribution in [2.45, 2.75) is 19.4 Å². The minimum absolute atomic E-state index is 0.00301. The molecule has 0 aliphatic carbocycles. The number of carbonyl (C=O) groups excluding carboxylic acids is 1. The van der Waals surface area contributed by atoms with Gasteiger partial charge >= 0.3 is 0 Å². The van der Waals surface area contributed by atoms with E-state index in [1.54, 1.807) is 18.3 Å². The van der Waals surface area contributed by atoms with Crippen LogP contribution in [-0.4, -0.2) is 13.0 Å². The first kappa shape index (κ1) is 12.8. The second-order valence-corrected chi connectivity index (χ2v) is 4.88. The van der Waals surface area contributed by atoms with Gasteiger partial charge in [-0.3, -0.25) is 4.79 Å². The predicted octanol–water partition coefficient (Wildman–Crippen LogP) is 3.40. The Morgan fingerprint density at radius 1 is 1.25 bits per heavy atom. The van der Waals surface area contributed by atoms with Gasteiger partial charge < -0.3 is 14.1 Å². The molecular formula is C16H17NO3. The molecular weight excluding hydrogens is 254 g/mol. The topological polar surface area (TPSA) is 42.7 Å². The first-order valence-electron chi connectivity index (χ1n) is 6.76. The van der Waals surface area contributed by atoms with Gasteiger partial charge in [-0.25, -0.2) is 0 Å². The van der Waals surface area contributed by atoms with Crippen molar-refractivity contribution >= 4 is 11.6 Å². The summed E-state index contributed by atoms with van der Waals surface area (Å²) in [6.07, 6.45) is 2.47. The number of hydrogen-bond donors (Lipinski definition) is 0. The number of benzene rings is 1. The molecule has 1 saturated heterocycles. The quantitative estimate of drug-likeness (QED) is 0.800. The normalized spacial score (nSPS) is 21.7. The lowest BCUT2D eigenvalue weighted by molar-refractivity contribution is -0.131. The van der Waals surface area contributed by atoms with E-state index in [1.165, 1.54) is 0 Å². The number of anilines is 1. The van der Waals surface area contributed by atoms with Crippen molar-refractivity contribution in [1.29, 1.82) is 0 Å². The summed E-state index contributed by atoms with van der Waals surface area (Å²) < 4.78 is 10.6. The maximum absolute atomic E-state index is 12.3. The third kappa shape index (κ3) is 1.88. The Bertz CT molecular complexity index is 589. The first-order valence-corrected chi connectivity index (χ1v) is 6.76. The van der Waals surface area contributed by atoms with E-state index in [-0.39, 0.29) is 17.9 Å². The number of β-lactam (4-membered cyclic amide) rings is 1. The smallest absolute Gasteiger partial charge is 0.233 e. The van der Waals surface area contributed by atoms with Gasteiger partial charge in [0.2, 0.25) is 5.91 Å². The minimum atomic E-state index is -0.00380. The van der Waals surface area contributed by atoms with Crippen LogP contribution < -0.4 is 9.64 Å². The average Bonchev–Trinajstić information content (AvgIpc) is 2.99. The molecule has 1 fully saturated rings. The maximum Gasteiger partial charge on any atom is 0.233 e. The van der Waals surface area contributed by atoms with E-state index >= 15 is 0 Å². The highest BCUT2D eigenvalue weighted by Gasteiger charge is 2.49. The molecule has 0 bridgehead atoms. The summed E-state index contributed by atoms with van der Waals surface area (Å²) in [5.41, 5.74) is 0.877. The van der Waals surface area contributed by atoms with Crippen molar-refractivity contribution in [2.75, 3.05) is 12.0 Å². The molecule has 0 radical (unpaired) electrons. The lowest BCUT2D eigenvalue weighted by Crippen LogP contribution is -2.54. The zero-order valence-electron chi connectivity index (χ0n) is 11.6. The number of carbonyl (C=O) groups is 1. The molecule has 1 aliphatic heterocycles. The molecule has 0 spiro atoms. The summed E-state index contributed by atoms with van der Waals surface area (Å²) in [4.78, 5) is 14.1. The van der Waals surface area contributed by atoms with Gasteiger partial charge in [0.1, 0.15) is 17.6 Å². The standard InChI is InChI=1S/C16H17NO3/c1-3-13-15(14-5-4-10-20-14)17(16(13)18)11-6-8-12(19-2)9-7-11/h4-10,13,15H,3H2,1-2H3/t13-,15+/m1/s1. The largest absolute Gasteiger partial charge is 0.497 e. The molecule has 0 saturated carbocycles. The summed E-state index contributed by atoms with van der Waals surface area (Å²) in [5, 5.41) is 0. The molecule has 3 rings (SSSR count). The molecule has 1 amide bonds. The van der Waals surface area contributed by atoms with Crippen molar-refractivity contribution in [3.63, 3.8) is 0 Å². The molecule has 1 aromatic carbocycles. The highest BCUT2D eigenvalue weighted by molar-refractivity contribution is 6.03. The number of nitrogens with zero attached hydrogens (tertiary/aromatic N) is 1. The van der Waals surface area contributed by atoms with Crippen LogP contribution in [0.5, 0.6) is 5.75 Å². The number of rotatable bonds is 4. The highest BCUT2D eigenvalue weighted by atomic mass is 16.5. The van der Waals surface area contributed by atoms with Gasteiger partial charge in [-0.1, -0.05) is 6.92 Å². The molecule has 4 heteroatoms. The zero-order valence-corrected chi connectivity index (χ0v) is 11.6. The van der Waals surface area contributed by atoms with E-state index < -0.39 is 0 Å². The molecule has 2 atom stereocenters. The van der Waals surface area contributed by atoms with Crippen molar-refractivity contribution in [2.24, 2.45) is 5.92 Å². The Morgan fingerprint density at radius 3 is 2.55 bits per heavy atom. The van der Waals surface area contributed by atoms with Gasteiger partial charge in [0.05, 0.1) is 19.3 Å². The van der Waals surface area contributed by atoms with E-state index in [0.717, 1.165) is 23.6 Å². The molecule has 1 aromatic heterocycles. The number of hydrogen-bond acceptors (Lipinski definition) is 3. The molecule has 1 aliphatic rings. The Balaban J connectivity index is 1.92. The van der Waals surface area contributed by atoms with Crippen LogP contribution >= 0.6 is 0 Å². The van der Waals surface area contributed by atoms with Gasteiger partial charge in [-0.2, -0.15) is 0 Å².